The molecule has 2 aromatic heterocycles. The van der Waals surface area contributed by atoms with E-state index in [0.717, 1.165) is 32.6 Å². The minimum absolute atomic E-state index is 0.127. The highest BCUT2D eigenvalue weighted by Gasteiger charge is 2.33. The molecule has 7 nitrogen and oxygen atoms in total. The monoisotopic (exact) mass is 457 g/mol. The molecular formula is C22H27N5O2S2. The number of carbonyl (C=O) groups excluding carboxylic acids is 1. The van der Waals surface area contributed by atoms with Gasteiger partial charge >= 0.3 is 0 Å². The number of piperazine rings is 1. The molecule has 4 heterocycles. The molecule has 0 spiro atoms. The minimum atomic E-state index is -0.174. The summed E-state index contributed by atoms with van der Waals surface area (Å²) < 4.78 is 2.08. The molecule has 0 bridgehead atoms. The van der Waals surface area contributed by atoms with Gasteiger partial charge in [-0.05, 0) is 37.6 Å². The van der Waals surface area contributed by atoms with Crippen LogP contribution in [0.5, 0.6) is 0 Å². The number of carbonyl (C=O) groups is 1. The second kappa shape index (κ2) is 9.10. The third kappa shape index (κ3) is 4.53. The van der Waals surface area contributed by atoms with Crippen molar-refractivity contribution in [2.45, 2.75) is 20.3 Å². The quantitative estimate of drug-likeness (QED) is 0.505. The number of nitrogens with zero attached hydrogens (tertiary/aromatic N) is 5. The Morgan fingerprint density at radius 1 is 1.19 bits per heavy atom. The molecule has 0 radical (unpaired) electrons. The van der Waals surface area contributed by atoms with E-state index >= 15 is 0 Å². The summed E-state index contributed by atoms with van der Waals surface area (Å²) in [5.74, 6) is 0.987. The van der Waals surface area contributed by atoms with Crippen LogP contribution < -0.4 is 10.5 Å². The van der Waals surface area contributed by atoms with Gasteiger partial charge in [0.05, 0.1) is 10.5 Å². The van der Waals surface area contributed by atoms with Gasteiger partial charge in [0.2, 0.25) is 0 Å². The van der Waals surface area contributed by atoms with Gasteiger partial charge in [0, 0.05) is 38.9 Å². The molecule has 0 aromatic carbocycles. The molecule has 164 valence electrons. The summed E-state index contributed by atoms with van der Waals surface area (Å²) in [5, 5.41) is 0. The molecule has 0 unspecified atom stereocenters. The second-order valence-electron chi connectivity index (χ2n) is 8.39. The molecule has 31 heavy (non-hydrogen) atoms. The highest BCUT2D eigenvalue weighted by atomic mass is 32.2. The van der Waals surface area contributed by atoms with Crippen molar-refractivity contribution in [3.05, 3.63) is 45.2 Å². The summed E-state index contributed by atoms with van der Waals surface area (Å²) in [7, 11) is 2.09. The van der Waals surface area contributed by atoms with Crippen molar-refractivity contribution in [1.29, 1.82) is 0 Å². The molecule has 9 heteroatoms. The van der Waals surface area contributed by atoms with Crippen LogP contribution in [0.4, 0.5) is 5.82 Å². The number of anilines is 1. The van der Waals surface area contributed by atoms with E-state index in [9.17, 15) is 9.59 Å². The fourth-order valence-electron chi connectivity index (χ4n) is 3.69. The Labute approximate surface area is 191 Å². The zero-order chi connectivity index (χ0) is 22.1. The lowest BCUT2D eigenvalue weighted by molar-refractivity contribution is -0.122. The molecular weight excluding hydrogens is 430 g/mol. The number of amides is 1. The van der Waals surface area contributed by atoms with Gasteiger partial charge in [-0.2, -0.15) is 0 Å². The lowest BCUT2D eigenvalue weighted by Crippen LogP contribution is -2.45. The van der Waals surface area contributed by atoms with Crippen LogP contribution >= 0.6 is 24.0 Å². The van der Waals surface area contributed by atoms with E-state index in [4.69, 9.17) is 17.2 Å². The first-order valence-electron chi connectivity index (χ1n) is 10.6. The van der Waals surface area contributed by atoms with E-state index < -0.39 is 0 Å². The fraction of sp³-hybridized carbons (Fsp3) is 0.455. The van der Waals surface area contributed by atoms with Gasteiger partial charge in [0.25, 0.3) is 11.5 Å². The van der Waals surface area contributed by atoms with Gasteiger partial charge < -0.3 is 9.80 Å². The van der Waals surface area contributed by atoms with Gasteiger partial charge in [-0.1, -0.05) is 43.9 Å². The van der Waals surface area contributed by atoms with E-state index in [1.165, 1.54) is 16.2 Å². The first-order chi connectivity index (χ1) is 14.8. The first-order valence-corrected chi connectivity index (χ1v) is 11.8. The molecule has 2 saturated heterocycles. The van der Waals surface area contributed by atoms with Crippen LogP contribution in [0.2, 0.25) is 0 Å². The summed E-state index contributed by atoms with van der Waals surface area (Å²) in [6.45, 7) is 8.19. The van der Waals surface area contributed by atoms with Gasteiger partial charge in [-0.25, -0.2) is 4.98 Å². The van der Waals surface area contributed by atoms with E-state index in [1.54, 1.807) is 23.2 Å². The maximum Gasteiger partial charge on any atom is 0.267 e. The number of aromatic nitrogens is 2. The fourth-order valence-corrected chi connectivity index (χ4v) is 4.98. The summed E-state index contributed by atoms with van der Waals surface area (Å²) in [6.07, 6.45) is 4.28. The highest BCUT2D eigenvalue weighted by Crippen LogP contribution is 2.34. The van der Waals surface area contributed by atoms with Gasteiger partial charge in [0.15, 0.2) is 0 Å². The Bertz CT molecular complexity index is 1100. The number of hydrogen-bond donors (Lipinski definition) is 0. The van der Waals surface area contributed by atoms with E-state index in [1.807, 2.05) is 12.1 Å². The maximum atomic E-state index is 13.4. The Morgan fingerprint density at radius 3 is 2.65 bits per heavy atom. The molecule has 2 aromatic rings. The summed E-state index contributed by atoms with van der Waals surface area (Å²) in [4.78, 5) is 37.8. The number of pyridine rings is 1. The topological polar surface area (TPSA) is 61.2 Å². The maximum absolute atomic E-state index is 13.4. The highest BCUT2D eigenvalue weighted by molar-refractivity contribution is 8.26. The van der Waals surface area contributed by atoms with E-state index in [0.29, 0.717) is 38.7 Å². The van der Waals surface area contributed by atoms with Crippen molar-refractivity contribution >= 4 is 51.7 Å². The Morgan fingerprint density at radius 2 is 1.94 bits per heavy atom. The number of likely N-dealkylation sites (N-methyl/N-ethyl adjacent to an activating group) is 1. The number of thioether (sulfide) groups is 1. The Hall–Kier alpha value is -2.23. The normalized spacial score (nSPS) is 19.4. The molecule has 1 amide bonds. The van der Waals surface area contributed by atoms with Crippen molar-refractivity contribution < 1.29 is 4.79 Å². The largest absolute Gasteiger partial charge is 0.353 e. The standard InChI is InChI=1S/C22H27N5O2S2/c1-15(2)7-9-27-21(29)17(31-22(27)30)14-16-19(25-12-10-24(3)11-13-25)23-18-6-4-5-8-26(18)20(16)28/h4-6,8,14-15H,7,9-13H2,1-3H3/b17-14-. The van der Waals surface area contributed by atoms with Crippen molar-refractivity contribution in [1.82, 2.24) is 19.2 Å². The Kier molecular flexibility index (Phi) is 6.45. The number of thiocarbonyl (C=S) groups is 1. The average molecular weight is 458 g/mol. The van der Waals surface area contributed by atoms with Crippen LogP contribution in [0.15, 0.2) is 34.1 Å². The van der Waals surface area contributed by atoms with Crippen LogP contribution in [-0.4, -0.2) is 69.2 Å². The molecule has 0 N–H and O–H groups in total. The van der Waals surface area contributed by atoms with Crippen molar-refractivity contribution in [3.8, 4) is 0 Å². The van der Waals surface area contributed by atoms with Crippen LogP contribution in [0.3, 0.4) is 0 Å². The molecule has 2 aliphatic rings. The van der Waals surface area contributed by atoms with Crippen LogP contribution in [0.1, 0.15) is 25.8 Å². The smallest absolute Gasteiger partial charge is 0.267 e. The lowest BCUT2D eigenvalue weighted by atomic mass is 10.1. The zero-order valence-corrected chi connectivity index (χ0v) is 19.7. The number of hydrogen-bond acceptors (Lipinski definition) is 7. The first kappa shape index (κ1) is 22.0. The predicted molar refractivity (Wildman–Crippen MR) is 131 cm³/mol. The van der Waals surface area contributed by atoms with Gasteiger partial charge in [-0.15, -0.1) is 0 Å². The van der Waals surface area contributed by atoms with Crippen molar-refractivity contribution in [2.24, 2.45) is 5.92 Å². The van der Waals surface area contributed by atoms with Gasteiger partial charge in [0.1, 0.15) is 15.8 Å². The molecule has 0 aliphatic carbocycles. The van der Waals surface area contributed by atoms with Gasteiger partial charge in [-0.3, -0.25) is 18.9 Å². The SMILES string of the molecule is CC(C)CCN1C(=O)/C(=C/c2c(N3CCN(C)CC3)nc3ccccn3c2=O)SC1=S. The Balaban J connectivity index is 1.76. The van der Waals surface area contributed by atoms with Crippen LogP contribution in [0.25, 0.3) is 11.7 Å². The van der Waals surface area contributed by atoms with E-state index in [2.05, 4.69) is 30.7 Å². The van der Waals surface area contributed by atoms with E-state index in [-0.39, 0.29) is 11.5 Å². The van der Waals surface area contributed by atoms with Crippen molar-refractivity contribution in [3.63, 3.8) is 0 Å². The lowest BCUT2D eigenvalue weighted by Gasteiger charge is -2.34. The van der Waals surface area contributed by atoms with Crippen molar-refractivity contribution in [2.75, 3.05) is 44.7 Å². The summed E-state index contributed by atoms with van der Waals surface area (Å²) >= 11 is 6.72. The predicted octanol–water partition coefficient (Wildman–Crippen LogP) is 2.69. The van der Waals surface area contributed by atoms with Crippen LogP contribution in [0, 0.1) is 5.92 Å². The molecule has 4 rings (SSSR count). The average Bonchev–Trinajstić information content (AvgIpc) is 3.01. The van der Waals surface area contributed by atoms with Crippen LogP contribution in [-0.2, 0) is 4.79 Å². The number of rotatable bonds is 5. The summed E-state index contributed by atoms with van der Waals surface area (Å²) in [5.41, 5.74) is 0.868. The minimum Gasteiger partial charge on any atom is -0.353 e. The summed E-state index contributed by atoms with van der Waals surface area (Å²) in [6, 6.07) is 5.51. The molecule has 2 fully saturated rings. The number of fused-ring (bicyclic) bond motifs is 1. The molecule has 0 atom stereocenters. The second-order valence-corrected chi connectivity index (χ2v) is 10.1. The zero-order valence-electron chi connectivity index (χ0n) is 18.1. The third-order valence-corrected chi connectivity index (χ3v) is 7.01. The third-order valence-electron chi connectivity index (χ3n) is 5.63. The molecule has 2 aliphatic heterocycles. The molecule has 0 saturated carbocycles.